The number of aromatic nitrogens is 2. The molecule has 0 aliphatic carbocycles. The third kappa shape index (κ3) is 3.26. The van der Waals surface area contributed by atoms with Gasteiger partial charge in [0.1, 0.15) is 17.9 Å². The van der Waals surface area contributed by atoms with E-state index in [4.69, 9.17) is 4.74 Å². The number of ether oxygens (including phenoxy) is 1. The molecule has 5 heteroatoms. The van der Waals surface area contributed by atoms with Crippen LogP contribution in [0.2, 0.25) is 0 Å². The number of aryl methyl sites for hydroxylation is 1. The van der Waals surface area contributed by atoms with Gasteiger partial charge in [-0.25, -0.2) is 9.97 Å². The van der Waals surface area contributed by atoms with Crippen LogP contribution in [0.5, 0.6) is 5.75 Å². The summed E-state index contributed by atoms with van der Waals surface area (Å²) in [4.78, 5) is 14.2. The molecule has 5 nitrogen and oxygen atoms in total. The second-order valence-electron chi connectivity index (χ2n) is 8.77. The molecule has 1 aromatic carbocycles. The Morgan fingerprint density at radius 2 is 1.89 bits per heavy atom. The van der Waals surface area contributed by atoms with E-state index in [0.717, 1.165) is 42.2 Å². The van der Waals surface area contributed by atoms with Crippen molar-refractivity contribution in [1.82, 2.24) is 14.9 Å². The van der Waals surface area contributed by atoms with E-state index >= 15 is 0 Å². The highest BCUT2D eigenvalue weighted by atomic mass is 16.5. The van der Waals surface area contributed by atoms with E-state index in [2.05, 4.69) is 57.0 Å². The summed E-state index contributed by atoms with van der Waals surface area (Å²) in [6, 6.07) is 12.2. The first-order chi connectivity index (χ1) is 13.7. The van der Waals surface area contributed by atoms with Crippen molar-refractivity contribution >= 4 is 5.82 Å². The van der Waals surface area contributed by atoms with Gasteiger partial charge in [-0.2, -0.15) is 0 Å². The average molecular weight is 379 g/mol. The van der Waals surface area contributed by atoms with Gasteiger partial charge in [-0.1, -0.05) is 12.1 Å². The van der Waals surface area contributed by atoms with Crippen LogP contribution in [-0.4, -0.2) is 47.7 Å². The number of piperidine rings is 3. The van der Waals surface area contributed by atoms with Gasteiger partial charge in [-0.3, -0.25) is 4.90 Å². The molecule has 4 heterocycles. The molecule has 3 aliphatic rings. The fourth-order valence-electron chi connectivity index (χ4n) is 5.79. The van der Waals surface area contributed by atoms with Gasteiger partial charge in [0, 0.05) is 43.5 Å². The number of nitrogens with zero attached hydrogens (tertiary/aromatic N) is 4. The van der Waals surface area contributed by atoms with Crippen molar-refractivity contribution in [2.45, 2.75) is 44.7 Å². The predicted octanol–water partition coefficient (Wildman–Crippen LogP) is 3.85. The highest BCUT2D eigenvalue weighted by molar-refractivity contribution is 5.40. The van der Waals surface area contributed by atoms with Gasteiger partial charge in [0.05, 0.1) is 7.11 Å². The van der Waals surface area contributed by atoms with Crippen LogP contribution in [0, 0.1) is 18.8 Å². The zero-order chi connectivity index (χ0) is 19.1. The Bertz CT molecular complexity index is 824. The van der Waals surface area contributed by atoms with Crippen LogP contribution in [0.25, 0.3) is 0 Å². The molecule has 5 rings (SSSR count). The van der Waals surface area contributed by atoms with Gasteiger partial charge in [0.2, 0.25) is 0 Å². The van der Waals surface area contributed by atoms with Crippen LogP contribution in [0.3, 0.4) is 0 Å². The predicted molar refractivity (Wildman–Crippen MR) is 111 cm³/mol. The number of rotatable bonds is 3. The highest BCUT2D eigenvalue weighted by Gasteiger charge is 2.45. The molecule has 3 saturated heterocycles. The van der Waals surface area contributed by atoms with Crippen LogP contribution in [0.1, 0.15) is 43.0 Å². The summed E-state index contributed by atoms with van der Waals surface area (Å²) < 4.78 is 5.36. The van der Waals surface area contributed by atoms with Crippen molar-refractivity contribution in [3.8, 4) is 5.75 Å². The van der Waals surface area contributed by atoms with Gasteiger partial charge in [-0.15, -0.1) is 0 Å². The third-order valence-electron chi connectivity index (χ3n) is 7.00. The molecular weight excluding hydrogens is 348 g/mol. The van der Waals surface area contributed by atoms with E-state index in [1.54, 1.807) is 13.4 Å². The minimum absolute atomic E-state index is 0.558. The second kappa shape index (κ2) is 7.36. The average Bonchev–Trinajstić information content (AvgIpc) is 2.73. The third-order valence-corrected chi connectivity index (χ3v) is 7.00. The van der Waals surface area contributed by atoms with Crippen molar-refractivity contribution in [1.29, 1.82) is 0 Å². The van der Waals surface area contributed by atoms with Gasteiger partial charge in [0.25, 0.3) is 0 Å². The fraction of sp³-hybridized carbons (Fsp3) is 0.565. The molecule has 0 N–H and O–H groups in total. The Balaban J connectivity index is 1.37. The Morgan fingerprint density at radius 1 is 1.04 bits per heavy atom. The molecule has 0 amide bonds. The maximum atomic E-state index is 5.36. The molecule has 0 unspecified atom stereocenters. The largest absolute Gasteiger partial charge is 0.497 e. The monoisotopic (exact) mass is 378 g/mol. The summed E-state index contributed by atoms with van der Waals surface area (Å²) in [7, 11) is 1.74. The summed E-state index contributed by atoms with van der Waals surface area (Å²) in [6.07, 6.45) is 7.02. The molecule has 28 heavy (non-hydrogen) atoms. The van der Waals surface area contributed by atoms with E-state index < -0.39 is 0 Å². The first-order valence-electron chi connectivity index (χ1n) is 10.6. The lowest BCUT2D eigenvalue weighted by atomic mass is 9.74. The van der Waals surface area contributed by atoms with Crippen molar-refractivity contribution < 1.29 is 4.74 Å². The smallest absolute Gasteiger partial charge is 0.132 e. The molecule has 148 valence electrons. The summed E-state index contributed by atoms with van der Waals surface area (Å²) in [5.41, 5.74) is 2.51. The molecular formula is C23H30N4O. The molecule has 0 saturated carbocycles. The first-order valence-corrected chi connectivity index (χ1v) is 10.6. The lowest BCUT2D eigenvalue weighted by molar-refractivity contribution is -0.0201. The number of hydrogen-bond donors (Lipinski definition) is 0. The number of methoxy groups -OCH3 is 1. The SMILES string of the molecule is COc1ccc([C@H]2CCC[C@H]3[C@@H]4C[C@@H](CN(c5cc(C)ncn5)C4)CN23)cc1. The zero-order valence-corrected chi connectivity index (χ0v) is 16.9. The number of hydrogen-bond acceptors (Lipinski definition) is 5. The summed E-state index contributed by atoms with van der Waals surface area (Å²) in [6.45, 7) is 5.51. The van der Waals surface area contributed by atoms with Gasteiger partial charge in [-0.05, 0) is 62.1 Å². The molecule has 4 atom stereocenters. The minimum atomic E-state index is 0.558. The van der Waals surface area contributed by atoms with Crippen LogP contribution in [0.15, 0.2) is 36.7 Å². The van der Waals surface area contributed by atoms with Gasteiger partial charge >= 0.3 is 0 Å². The first kappa shape index (κ1) is 17.9. The zero-order valence-electron chi connectivity index (χ0n) is 16.9. The Kier molecular flexibility index (Phi) is 4.71. The summed E-state index contributed by atoms with van der Waals surface area (Å²) in [5.74, 6) is 3.52. The van der Waals surface area contributed by atoms with Crippen molar-refractivity contribution in [2.24, 2.45) is 11.8 Å². The van der Waals surface area contributed by atoms with Crippen LogP contribution in [0.4, 0.5) is 5.82 Å². The van der Waals surface area contributed by atoms with E-state index in [-0.39, 0.29) is 0 Å². The van der Waals surface area contributed by atoms with Gasteiger partial charge < -0.3 is 9.64 Å². The normalized spacial score (nSPS) is 30.0. The van der Waals surface area contributed by atoms with E-state index in [9.17, 15) is 0 Å². The number of benzene rings is 1. The van der Waals surface area contributed by atoms with Crippen molar-refractivity contribution in [3.05, 3.63) is 47.9 Å². The minimum Gasteiger partial charge on any atom is -0.497 e. The lowest BCUT2D eigenvalue weighted by Gasteiger charge is -2.55. The second-order valence-corrected chi connectivity index (χ2v) is 8.77. The fourth-order valence-corrected chi connectivity index (χ4v) is 5.79. The molecule has 0 spiro atoms. The van der Waals surface area contributed by atoms with Crippen molar-refractivity contribution in [2.75, 3.05) is 31.6 Å². The molecule has 0 radical (unpaired) electrons. The quantitative estimate of drug-likeness (QED) is 0.812. The topological polar surface area (TPSA) is 41.5 Å². The van der Waals surface area contributed by atoms with E-state index in [0.29, 0.717) is 12.1 Å². The number of fused-ring (bicyclic) bond motifs is 4. The maximum Gasteiger partial charge on any atom is 0.132 e. The van der Waals surface area contributed by atoms with Crippen LogP contribution >= 0.6 is 0 Å². The molecule has 1 aromatic heterocycles. The van der Waals surface area contributed by atoms with E-state index in [1.165, 1.54) is 37.8 Å². The molecule has 3 fully saturated rings. The van der Waals surface area contributed by atoms with Crippen molar-refractivity contribution in [3.63, 3.8) is 0 Å². The number of anilines is 1. The van der Waals surface area contributed by atoms with Crippen LogP contribution in [-0.2, 0) is 0 Å². The van der Waals surface area contributed by atoms with Gasteiger partial charge in [0.15, 0.2) is 0 Å². The lowest BCUT2D eigenvalue weighted by Crippen LogP contribution is -2.59. The molecule has 2 aromatic rings. The summed E-state index contributed by atoms with van der Waals surface area (Å²) >= 11 is 0. The van der Waals surface area contributed by atoms with E-state index in [1.807, 2.05) is 0 Å². The summed E-state index contributed by atoms with van der Waals surface area (Å²) in [5, 5.41) is 0. The Hall–Kier alpha value is -2.14. The molecule has 2 bridgehead atoms. The van der Waals surface area contributed by atoms with Crippen LogP contribution < -0.4 is 9.64 Å². The maximum absolute atomic E-state index is 5.36. The Labute approximate surface area is 167 Å². The molecule has 3 aliphatic heterocycles. The Morgan fingerprint density at radius 3 is 2.68 bits per heavy atom. The standard InChI is InChI=1S/C23H30N4O/c1-16-10-23(25-15-24-16)26-12-17-11-19(14-26)22-5-3-4-21(27(22)13-17)18-6-8-20(28-2)9-7-18/h6-10,15,17,19,21-22H,3-5,11-14H2,1-2H3/t17-,19+,21+,22-/m0/s1. The highest BCUT2D eigenvalue weighted by Crippen LogP contribution is 2.45.